The van der Waals surface area contributed by atoms with Crippen LogP contribution in [-0.2, 0) is 14.6 Å². The number of anilines is 1. The van der Waals surface area contributed by atoms with Gasteiger partial charge in [0.05, 0.1) is 23.5 Å². The van der Waals surface area contributed by atoms with Crippen LogP contribution in [0, 0.1) is 13.8 Å². The van der Waals surface area contributed by atoms with Gasteiger partial charge in [0.25, 0.3) is 0 Å². The van der Waals surface area contributed by atoms with Crippen molar-refractivity contribution < 1.29 is 17.9 Å². The molecular weight excluding hydrogens is 420 g/mol. The summed E-state index contributed by atoms with van der Waals surface area (Å²) in [5.74, 6) is 0.247. The van der Waals surface area contributed by atoms with E-state index in [1.54, 1.807) is 12.1 Å². The molecule has 0 bridgehead atoms. The van der Waals surface area contributed by atoms with Gasteiger partial charge in [-0.15, -0.1) is 11.3 Å². The molecule has 8 heteroatoms. The van der Waals surface area contributed by atoms with Crippen LogP contribution >= 0.6 is 11.3 Å². The van der Waals surface area contributed by atoms with Crippen LogP contribution in [0.4, 0.5) is 5.13 Å². The Labute approximate surface area is 180 Å². The van der Waals surface area contributed by atoms with Gasteiger partial charge in [0.15, 0.2) is 15.0 Å². The van der Waals surface area contributed by atoms with Crippen molar-refractivity contribution in [2.24, 2.45) is 0 Å². The highest BCUT2D eigenvalue weighted by molar-refractivity contribution is 7.91. The maximum absolute atomic E-state index is 12.4. The number of sulfone groups is 1. The average Bonchev–Trinajstić information content (AvgIpc) is 3.15. The SMILES string of the molecule is COc1ccc(S(=O)(=O)CCCC(=O)Nc2nc(-c3ccc(C)cc3C)cs2)cc1. The van der Waals surface area contributed by atoms with Crippen LogP contribution in [0.3, 0.4) is 0 Å². The molecule has 1 heterocycles. The number of rotatable bonds is 8. The van der Waals surface area contributed by atoms with E-state index in [0.717, 1.165) is 16.8 Å². The van der Waals surface area contributed by atoms with Crippen molar-refractivity contribution in [1.82, 2.24) is 4.98 Å². The fourth-order valence-electron chi connectivity index (χ4n) is 3.06. The lowest BCUT2D eigenvalue weighted by Gasteiger charge is -2.06. The highest BCUT2D eigenvalue weighted by atomic mass is 32.2. The number of nitrogens with one attached hydrogen (secondary N) is 1. The van der Waals surface area contributed by atoms with E-state index in [4.69, 9.17) is 4.74 Å². The summed E-state index contributed by atoms with van der Waals surface area (Å²) in [6, 6.07) is 12.4. The highest BCUT2D eigenvalue weighted by Crippen LogP contribution is 2.28. The third-order valence-electron chi connectivity index (χ3n) is 4.64. The Morgan fingerprint density at radius 1 is 1.13 bits per heavy atom. The van der Waals surface area contributed by atoms with E-state index >= 15 is 0 Å². The first-order valence-electron chi connectivity index (χ1n) is 9.48. The Kier molecular flexibility index (Phi) is 6.89. The van der Waals surface area contributed by atoms with Crippen molar-refractivity contribution >= 4 is 32.2 Å². The predicted molar refractivity (Wildman–Crippen MR) is 120 cm³/mol. The van der Waals surface area contributed by atoms with Crippen molar-refractivity contribution in [3.8, 4) is 17.0 Å². The van der Waals surface area contributed by atoms with Gasteiger partial charge in [-0.1, -0.05) is 23.8 Å². The van der Waals surface area contributed by atoms with Crippen molar-refractivity contribution in [3.05, 3.63) is 59.0 Å². The summed E-state index contributed by atoms with van der Waals surface area (Å²) in [6.07, 6.45) is 0.337. The van der Waals surface area contributed by atoms with Gasteiger partial charge in [-0.2, -0.15) is 0 Å². The molecule has 3 aromatic rings. The lowest BCUT2D eigenvalue weighted by atomic mass is 10.0. The lowest BCUT2D eigenvalue weighted by molar-refractivity contribution is -0.116. The molecule has 0 aliphatic carbocycles. The number of nitrogens with zero attached hydrogens (tertiary/aromatic N) is 1. The fourth-order valence-corrected chi connectivity index (χ4v) is 5.10. The smallest absolute Gasteiger partial charge is 0.226 e. The summed E-state index contributed by atoms with van der Waals surface area (Å²) in [5, 5.41) is 5.17. The minimum atomic E-state index is -3.44. The zero-order valence-electron chi connectivity index (χ0n) is 17.1. The Morgan fingerprint density at radius 3 is 2.53 bits per heavy atom. The number of carbonyl (C=O) groups excluding carboxylic acids is 1. The minimum Gasteiger partial charge on any atom is -0.497 e. The van der Waals surface area contributed by atoms with Gasteiger partial charge in [0.2, 0.25) is 5.91 Å². The second kappa shape index (κ2) is 9.40. The molecule has 0 saturated heterocycles. The second-order valence-corrected chi connectivity index (χ2v) is 9.97. The Hall–Kier alpha value is -2.71. The minimum absolute atomic E-state index is 0.0988. The number of amides is 1. The van der Waals surface area contributed by atoms with Crippen molar-refractivity contribution in [3.63, 3.8) is 0 Å². The molecule has 158 valence electrons. The molecule has 0 aliphatic rings. The molecule has 30 heavy (non-hydrogen) atoms. The van der Waals surface area contributed by atoms with Crippen LogP contribution in [0.2, 0.25) is 0 Å². The molecule has 1 N–H and O–H groups in total. The molecule has 0 aliphatic heterocycles. The normalized spacial score (nSPS) is 11.3. The molecule has 0 unspecified atom stereocenters. The molecule has 6 nitrogen and oxygen atoms in total. The quantitative estimate of drug-likeness (QED) is 0.548. The molecule has 0 atom stereocenters. The number of carbonyl (C=O) groups is 1. The molecule has 0 fully saturated rings. The maximum Gasteiger partial charge on any atom is 0.226 e. The number of benzene rings is 2. The molecule has 0 spiro atoms. The molecule has 2 aromatic carbocycles. The van der Waals surface area contributed by atoms with E-state index in [0.29, 0.717) is 10.9 Å². The Balaban J connectivity index is 1.54. The summed E-state index contributed by atoms with van der Waals surface area (Å²) < 4.78 is 29.8. The van der Waals surface area contributed by atoms with E-state index in [1.165, 1.54) is 36.1 Å². The number of ether oxygens (including phenoxy) is 1. The van der Waals surface area contributed by atoms with Gasteiger partial charge in [0.1, 0.15) is 5.75 Å². The Bertz CT molecular complexity index is 1140. The van der Waals surface area contributed by atoms with Crippen molar-refractivity contribution in [2.45, 2.75) is 31.6 Å². The van der Waals surface area contributed by atoms with Crippen molar-refractivity contribution in [2.75, 3.05) is 18.2 Å². The van der Waals surface area contributed by atoms with Gasteiger partial charge >= 0.3 is 0 Å². The van der Waals surface area contributed by atoms with E-state index < -0.39 is 9.84 Å². The van der Waals surface area contributed by atoms with Crippen molar-refractivity contribution in [1.29, 1.82) is 0 Å². The van der Waals surface area contributed by atoms with Crippen LogP contribution in [0.1, 0.15) is 24.0 Å². The first kappa shape index (κ1) is 22.0. The number of thiazole rings is 1. The van der Waals surface area contributed by atoms with Crippen LogP contribution in [0.15, 0.2) is 52.7 Å². The van der Waals surface area contributed by atoms with Gasteiger partial charge in [-0.3, -0.25) is 4.79 Å². The van der Waals surface area contributed by atoms with Gasteiger partial charge in [-0.05, 0) is 50.1 Å². The molecule has 1 amide bonds. The molecule has 0 saturated carbocycles. The molecular formula is C22H24N2O4S2. The largest absolute Gasteiger partial charge is 0.497 e. The topological polar surface area (TPSA) is 85.4 Å². The van der Waals surface area contributed by atoms with Gasteiger partial charge < -0.3 is 10.1 Å². The number of hydrogen-bond acceptors (Lipinski definition) is 6. The molecule has 3 rings (SSSR count). The standard InChI is InChI=1S/C22H24N2O4S2/c1-15-6-11-19(16(2)13-15)20-14-29-22(23-20)24-21(25)5-4-12-30(26,27)18-9-7-17(28-3)8-10-18/h6-11,13-14H,4-5,12H2,1-3H3,(H,23,24,25). The predicted octanol–water partition coefficient (Wildman–Crippen LogP) is 4.63. The third-order valence-corrected chi connectivity index (χ3v) is 7.22. The monoisotopic (exact) mass is 444 g/mol. The van der Waals surface area contributed by atoms with E-state index in [9.17, 15) is 13.2 Å². The summed E-state index contributed by atoms with van der Waals surface area (Å²) >= 11 is 1.35. The van der Waals surface area contributed by atoms with E-state index in [-0.39, 0.29) is 29.4 Å². The summed E-state index contributed by atoms with van der Waals surface area (Å²) in [7, 11) is -1.92. The zero-order chi connectivity index (χ0) is 21.7. The molecule has 0 radical (unpaired) electrons. The van der Waals surface area contributed by atoms with Crippen LogP contribution in [0.5, 0.6) is 5.75 Å². The summed E-state index contributed by atoms with van der Waals surface area (Å²) in [5.41, 5.74) is 4.16. The Morgan fingerprint density at radius 2 is 1.87 bits per heavy atom. The van der Waals surface area contributed by atoms with Gasteiger partial charge in [0, 0.05) is 17.4 Å². The van der Waals surface area contributed by atoms with Crippen LogP contribution < -0.4 is 10.1 Å². The number of hydrogen-bond donors (Lipinski definition) is 1. The van der Waals surface area contributed by atoms with Crippen LogP contribution in [-0.4, -0.2) is 32.2 Å². The second-order valence-electron chi connectivity index (χ2n) is 7.00. The lowest BCUT2D eigenvalue weighted by Crippen LogP contribution is -2.14. The first-order chi connectivity index (χ1) is 14.3. The number of aromatic nitrogens is 1. The molecule has 1 aromatic heterocycles. The maximum atomic E-state index is 12.4. The van der Waals surface area contributed by atoms with E-state index in [2.05, 4.69) is 16.4 Å². The van der Waals surface area contributed by atoms with E-state index in [1.807, 2.05) is 31.4 Å². The highest BCUT2D eigenvalue weighted by Gasteiger charge is 2.16. The number of aryl methyl sites for hydroxylation is 2. The number of methoxy groups -OCH3 is 1. The third kappa shape index (κ3) is 5.46. The zero-order valence-corrected chi connectivity index (χ0v) is 18.8. The van der Waals surface area contributed by atoms with Crippen LogP contribution in [0.25, 0.3) is 11.3 Å². The first-order valence-corrected chi connectivity index (χ1v) is 12.0. The summed E-state index contributed by atoms with van der Waals surface area (Å²) in [4.78, 5) is 16.9. The van der Waals surface area contributed by atoms with Gasteiger partial charge in [-0.25, -0.2) is 13.4 Å². The summed E-state index contributed by atoms with van der Waals surface area (Å²) in [6.45, 7) is 4.07. The fraction of sp³-hybridized carbons (Fsp3) is 0.273. The average molecular weight is 445 g/mol.